The number of hydrogen-bond acceptors (Lipinski definition) is 4. The fraction of sp³-hybridized carbons (Fsp3) is 0.192. The smallest absolute Gasteiger partial charge is 0.272 e. The average Bonchev–Trinajstić information content (AvgIpc) is 3.22. The monoisotopic (exact) mass is 411 g/mol. The van der Waals surface area contributed by atoms with E-state index in [0.717, 1.165) is 34.3 Å². The SMILES string of the molecule is CC[C@@H](C)c1ccc(-c2cc(C(=O)NN=Cc3ccc(C)o3)c3ccccc3n2)cc1. The topological polar surface area (TPSA) is 67.5 Å². The second-order valence-electron chi connectivity index (χ2n) is 7.65. The van der Waals surface area contributed by atoms with E-state index in [2.05, 4.69) is 48.6 Å². The van der Waals surface area contributed by atoms with Crippen molar-refractivity contribution in [2.45, 2.75) is 33.1 Å². The molecule has 0 fully saturated rings. The van der Waals surface area contributed by atoms with Crippen LogP contribution in [0.2, 0.25) is 0 Å². The number of para-hydroxylation sites is 1. The number of benzene rings is 2. The standard InChI is InChI=1S/C26H25N3O2/c1-4-17(2)19-10-12-20(13-11-19)25-15-23(22-7-5-6-8-24(22)28-25)26(30)29-27-16-21-14-9-18(3)31-21/h5-17H,4H2,1-3H3,(H,29,30)/t17-/m1/s1. The maximum atomic E-state index is 12.9. The van der Waals surface area contributed by atoms with Gasteiger partial charge in [-0.2, -0.15) is 5.10 Å². The van der Waals surface area contributed by atoms with Crippen LogP contribution in [0.4, 0.5) is 0 Å². The second-order valence-corrected chi connectivity index (χ2v) is 7.65. The van der Waals surface area contributed by atoms with Gasteiger partial charge in [0.05, 0.1) is 23.0 Å². The minimum absolute atomic E-state index is 0.296. The van der Waals surface area contributed by atoms with Crippen molar-refractivity contribution >= 4 is 23.0 Å². The van der Waals surface area contributed by atoms with Gasteiger partial charge in [0.1, 0.15) is 11.5 Å². The summed E-state index contributed by atoms with van der Waals surface area (Å²) < 4.78 is 5.44. The molecule has 0 aliphatic heterocycles. The Kier molecular flexibility index (Phi) is 5.94. The van der Waals surface area contributed by atoms with Gasteiger partial charge in [-0.25, -0.2) is 10.4 Å². The van der Waals surface area contributed by atoms with Crippen LogP contribution in [0.5, 0.6) is 0 Å². The number of aryl methyl sites for hydroxylation is 1. The molecule has 2 aromatic heterocycles. The average molecular weight is 412 g/mol. The summed E-state index contributed by atoms with van der Waals surface area (Å²) in [4.78, 5) is 17.7. The Morgan fingerprint density at radius 1 is 1.13 bits per heavy atom. The Bertz CT molecular complexity index is 1240. The van der Waals surface area contributed by atoms with Crippen molar-refractivity contribution in [2.75, 3.05) is 0 Å². The van der Waals surface area contributed by atoms with Crippen molar-refractivity contribution in [3.63, 3.8) is 0 Å². The summed E-state index contributed by atoms with van der Waals surface area (Å²) in [6.07, 6.45) is 2.58. The van der Waals surface area contributed by atoms with E-state index < -0.39 is 0 Å². The molecule has 156 valence electrons. The van der Waals surface area contributed by atoms with Crippen LogP contribution in [0.25, 0.3) is 22.2 Å². The fourth-order valence-electron chi connectivity index (χ4n) is 3.47. The van der Waals surface area contributed by atoms with Gasteiger partial charge in [-0.3, -0.25) is 4.79 Å². The number of hydrogen-bond donors (Lipinski definition) is 1. The van der Waals surface area contributed by atoms with Crippen LogP contribution >= 0.6 is 0 Å². The highest BCUT2D eigenvalue weighted by atomic mass is 16.3. The van der Waals surface area contributed by atoms with Crippen molar-refractivity contribution in [1.29, 1.82) is 0 Å². The van der Waals surface area contributed by atoms with Gasteiger partial charge in [0.2, 0.25) is 0 Å². The first-order valence-corrected chi connectivity index (χ1v) is 10.4. The number of furan rings is 1. The lowest BCUT2D eigenvalue weighted by atomic mass is 9.96. The van der Waals surface area contributed by atoms with E-state index in [4.69, 9.17) is 9.40 Å². The number of rotatable bonds is 6. The van der Waals surface area contributed by atoms with E-state index in [-0.39, 0.29) is 5.91 Å². The largest absolute Gasteiger partial charge is 0.460 e. The number of carbonyl (C=O) groups excluding carboxylic acids is 1. The van der Waals surface area contributed by atoms with Crippen molar-refractivity contribution in [3.8, 4) is 11.3 Å². The molecule has 1 amide bonds. The van der Waals surface area contributed by atoms with Crippen LogP contribution in [0.3, 0.4) is 0 Å². The Hall–Kier alpha value is -3.73. The molecule has 5 nitrogen and oxygen atoms in total. The molecule has 2 heterocycles. The Balaban J connectivity index is 1.66. The number of fused-ring (bicyclic) bond motifs is 1. The quantitative estimate of drug-likeness (QED) is 0.309. The molecule has 5 heteroatoms. The van der Waals surface area contributed by atoms with Gasteiger partial charge in [-0.15, -0.1) is 0 Å². The molecule has 0 aliphatic carbocycles. The first kappa shape index (κ1) is 20.5. The number of amides is 1. The van der Waals surface area contributed by atoms with Crippen molar-refractivity contribution < 1.29 is 9.21 Å². The van der Waals surface area contributed by atoms with Crippen LogP contribution in [0, 0.1) is 6.92 Å². The molecule has 1 atom stereocenters. The summed E-state index contributed by atoms with van der Waals surface area (Å²) in [5, 5.41) is 4.82. The molecule has 2 aromatic carbocycles. The zero-order chi connectivity index (χ0) is 21.8. The Morgan fingerprint density at radius 2 is 1.90 bits per heavy atom. The summed E-state index contributed by atoms with van der Waals surface area (Å²) in [6, 6.07) is 21.5. The van der Waals surface area contributed by atoms with Crippen LogP contribution in [0.15, 0.2) is 76.2 Å². The van der Waals surface area contributed by atoms with Gasteiger partial charge >= 0.3 is 0 Å². The molecule has 4 rings (SSSR count). The zero-order valence-electron chi connectivity index (χ0n) is 17.9. The number of carbonyl (C=O) groups is 1. The summed E-state index contributed by atoms with van der Waals surface area (Å²) in [6.45, 7) is 6.26. The highest BCUT2D eigenvalue weighted by Crippen LogP contribution is 2.27. The molecule has 0 aliphatic rings. The van der Waals surface area contributed by atoms with E-state index in [1.54, 1.807) is 6.07 Å². The third-order valence-electron chi connectivity index (χ3n) is 5.47. The molecule has 0 unspecified atom stereocenters. The molecule has 1 N–H and O–H groups in total. The highest BCUT2D eigenvalue weighted by molar-refractivity contribution is 6.07. The fourth-order valence-corrected chi connectivity index (χ4v) is 3.47. The van der Waals surface area contributed by atoms with Crippen LogP contribution in [0.1, 0.15) is 53.6 Å². The van der Waals surface area contributed by atoms with Crippen LogP contribution in [-0.2, 0) is 0 Å². The van der Waals surface area contributed by atoms with E-state index in [1.165, 1.54) is 11.8 Å². The minimum atomic E-state index is -0.296. The molecule has 0 spiro atoms. The molecule has 0 saturated carbocycles. The minimum Gasteiger partial charge on any atom is -0.460 e. The van der Waals surface area contributed by atoms with E-state index in [9.17, 15) is 4.79 Å². The van der Waals surface area contributed by atoms with E-state index >= 15 is 0 Å². The molecular formula is C26H25N3O2. The van der Waals surface area contributed by atoms with E-state index in [1.807, 2.05) is 43.3 Å². The Labute approximate surface area is 181 Å². The molecule has 0 radical (unpaired) electrons. The van der Waals surface area contributed by atoms with Gasteiger partial charge in [-0.05, 0) is 49.1 Å². The number of nitrogens with one attached hydrogen (secondary N) is 1. The predicted octanol–water partition coefficient (Wildman–Crippen LogP) is 6.08. The lowest BCUT2D eigenvalue weighted by Gasteiger charge is -2.11. The second kappa shape index (κ2) is 8.96. The van der Waals surface area contributed by atoms with Crippen molar-refractivity contribution in [2.24, 2.45) is 5.10 Å². The maximum Gasteiger partial charge on any atom is 0.272 e. The molecular weight excluding hydrogens is 386 g/mol. The first-order chi connectivity index (χ1) is 15.0. The van der Waals surface area contributed by atoms with Crippen molar-refractivity contribution in [1.82, 2.24) is 10.4 Å². The van der Waals surface area contributed by atoms with Gasteiger partial charge in [0.25, 0.3) is 5.91 Å². The van der Waals surface area contributed by atoms with Gasteiger partial charge in [0, 0.05) is 10.9 Å². The van der Waals surface area contributed by atoms with Crippen LogP contribution < -0.4 is 5.43 Å². The zero-order valence-corrected chi connectivity index (χ0v) is 17.9. The predicted molar refractivity (Wildman–Crippen MR) is 124 cm³/mol. The normalized spacial score (nSPS) is 12.4. The summed E-state index contributed by atoms with van der Waals surface area (Å²) >= 11 is 0. The lowest BCUT2D eigenvalue weighted by molar-refractivity contribution is 0.0956. The van der Waals surface area contributed by atoms with Crippen LogP contribution in [-0.4, -0.2) is 17.1 Å². The van der Waals surface area contributed by atoms with Gasteiger partial charge in [-0.1, -0.05) is 56.3 Å². The van der Waals surface area contributed by atoms with Gasteiger partial charge in [0.15, 0.2) is 0 Å². The molecule has 0 saturated heterocycles. The first-order valence-electron chi connectivity index (χ1n) is 10.4. The number of nitrogens with zero attached hydrogens (tertiary/aromatic N) is 2. The number of aromatic nitrogens is 1. The molecule has 31 heavy (non-hydrogen) atoms. The van der Waals surface area contributed by atoms with Crippen molar-refractivity contribution in [3.05, 3.63) is 89.4 Å². The molecule has 4 aromatic rings. The third-order valence-corrected chi connectivity index (χ3v) is 5.47. The van der Waals surface area contributed by atoms with E-state index in [0.29, 0.717) is 17.2 Å². The molecule has 0 bridgehead atoms. The summed E-state index contributed by atoms with van der Waals surface area (Å²) in [5.41, 5.74) is 6.92. The lowest BCUT2D eigenvalue weighted by Crippen LogP contribution is -2.18. The highest BCUT2D eigenvalue weighted by Gasteiger charge is 2.14. The third kappa shape index (κ3) is 4.56. The maximum absolute atomic E-state index is 12.9. The van der Waals surface area contributed by atoms with Gasteiger partial charge < -0.3 is 4.42 Å². The summed E-state index contributed by atoms with van der Waals surface area (Å²) in [5.74, 6) is 1.59. The summed E-state index contributed by atoms with van der Waals surface area (Å²) in [7, 11) is 0. The number of hydrazone groups is 1. The Morgan fingerprint density at radius 3 is 2.61 bits per heavy atom. The number of pyridine rings is 1.